The third kappa shape index (κ3) is 2.98. The van der Waals surface area contributed by atoms with Crippen LogP contribution in [0.15, 0.2) is 42.5 Å². The van der Waals surface area contributed by atoms with Crippen molar-refractivity contribution in [1.29, 1.82) is 0 Å². The number of alkyl halides is 4. The average Bonchev–Trinajstić information content (AvgIpc) is 2.37. The van der Waals surface area contributed by atoms with Crippen LogP contribution < -0.4 is 0 Å². The maximum absolute atomic E-state index is 13.0. The quantitative estimate of drug-likeness (QED) is 0.628. The Morgan fingerprint density at radius 2 is 1.60 bits per heavy atom. The molecule has 0 saturated heterocycles. The second-order valence-electron chi connectivity index (χ2n) is 4.81. The lowest BCUT2D eigenvalue weighted by Gasteiger charge is -2.19. The Kier molecular flexibility index (Phi) is 4.09. The fourth-order valence-corrected chi connectivity index (χ4v) is 2.69. The van der Waals surface area contributed by atoms with Crippen molar-refractivity contribution in [1.82, 2.24) is 0 Å². The molecule has 0 nitrogen and oxygen atoms in total. The van der Waals surface area contributed by atoms with Crippen LogP contribution in [0, 0.1) is 13.8 Å². The predicted octanol–water partition coefficient (Wildman–Crippen LogP) is 5.65. The van der Waals surface area contributed by atoms with Crippen molar-refractivity contribution in [3.63, 3.8) is 0 Å². The summed E-state index contributed by atoms with van der Waals surface area (Å²) in [5, 5.41) is -0.812. The fraction of sp³-hybridized carbons (Fsp3) is 0.250. The van der Waals surface area contributed by atoms with Crippen LogP contribution in [0.3, 0.4) is 0 Å². The Bertz CT molecular complexity index is 617. The fourth-order valence-electron chi connectivity index (χ4n) is 2.25. The van der Waals surface area contributed by atoms with Gasteiger partial charge in [0.1, 0.15) is 0 Å². The second kappa shape index (κ2) is 5.49. The van der Waals surface area contributed by atoms with E-state index in [1.807, 2.05) is 26.0 Å². The number of hydrogen-bond donors (Lipinski definition) is 0. The van der Waals surface area contributed by atoms with E-state index in [1.54, 1.807) is 12.1 Å². The Morgan fingerprint density at radius 3 is 2.20 bits per heavy atom. The van der Waals surface area contributed by atoms with Gasteiger partial charge in [-0.15, -0.1) is 11.6 Å². The van der Waals surface area contributed by atoms with Gasteiger partial charge in [0.2, 0.25) is 0 Å². The molecule has 0 bridgehead atoms. The molecule has 4 heteroatoms. The number of halogens is 4. The molecule has 2 aromatic rings. The second-order valence-corrected chi connectivity index (χ2v) is 5.24. The lowest BCUT2D eigenvalue weighted by molar-refractivity contribution is -0.138. The predicted molar refractivity (Wildman–Crippen MR) is 75.1 cm³/mol. The van der Waals surface area contributed by atoms with Gasteiger partial charge in [-0.2, -0.15) is 13.2 Å². The van der Waals surface area contributed by atoms with Crippen molar-refractivity contribution < 1.29 is 13.2 Å². The van der Waals surface area contributed by atoms with Crippen LogP contribution in [0.4, 0.5) is 13.2 Å². The molecule has 0 fully saturated rings. The minimum Gasteiger partial charge on any atom is -0.166 e. The van der Waals surface area contributed by atoms with E-state index in [9.17, 15) is 13.2 Å². The van der Waals surface area contributed by atoms with Crippen molar-refractivity contribution in [2.24, 2.45) is 0 Å². The van der Waals surface area contributed by atoms with E-state index in [2.05, 4.69) is 0 Å². The molecule has 0 N–H and O–H groups in total. The normalized spacial score (nSPS) is 13.3. The summed E-state index contributed by atoms with van der Waals surface area (Å²) in [6.07, 6.45) is -4.40. The van der Waals surface area contributed by atoms with Crippen molar-refractivity contribution in [3.8, 4) is 0 Å². The first-order chi connectivity index (χ1) is 9.30. The zero-order chi connectivity index (χ0) is 14.9. The van der Waals surface area contributed by atoms with E-state index >= 15 is 0 Å². The third-order valence-corrected chi connectivity index (χ3v) is 3.71. The lowest BCUT2D eigenvalue weighted by Crippen LogP contribution is -2.11. The molecule has 106 valence electrons. The smallest absolute Gasteiger partial charge is 0.166 e. The molecule has 0 saturated carbocycles. The average molecular weight is 299 g/mol. The third-order valence-electron chi connectivity index (χ3n) is 3.24. The molecule has 0 aromatic heterocycles. The molecular formula is C16H14ClF3. The molecule has 0 radical (unpaired) electrons. The standard InChI is InChI=1S/C16H14ClF3/c1-10-7-8-12(11(2)9-10)15(17)13-5-3-4-6-14(13)16(18,19)20/h3-9,15H,1-2H3. The van der Waals surface area contributed by atoms with E-state index in [4.69, 9.17) is 11.6 Å². The first-order valence-electron chi connectivity index (χ1n) is 6.18. The van der Waals surface area contributed by atoms with E-state index < -0.39 is 17.1 Å². The van der Waals surface area contributed by atoms with Gasteiger partial charge in [0, 0.05) is 0 Å². The van der Waals surface area contributed by atoms with Gasteiger partial charge in [-0.05, 0) is 36.6 Å². The van der Waals surface area contributed by atoms with Gasteiger partial charge in [-0.1, -0.05) is 42.0 Å². The first-order valence-corrected chi connectivity index (χ1v) is 6.61. The summed E-state index contributed by atoms with van der Waals surface area (Å²) in [4.78, 5) is 0. The number of aryl methyl sites for hydroxylation is 2. The highest BCUT2D eigenvalue weighted by molar-refractivity contribution is 6.22. The van der Waals surface area contributed by atoms with Crippen LogP contribution in [0.25, 0.3) is 0 Å². The number of hydrogen-bond acceptors (Lipinski definition) is 0. The SMILES string of the molecule is Cc1ccc(C(Cl)c2ccccc2C(F)(F)F)c(C)c1. The summed E-state index contributed by atoms with van der Waals surface area (Å²) in [6.45, 7) is 3.79. The molecule has 2 aromatic carbocycles. The summed E-state index contributed by atoms with van der Waals surface area (Å²) in [7, 11) is 0. The van der Waals surface area contributed by atoms with Crippen molar-refractivity contribution >= 4 is 11.6 Å². The monoisotopic (exact) mass is 298 g/mol. The van der Waals surface area contributed by atoms with Gasteiger partial charge in [-0.25, -0.2) is 0 Å². The first kappa shape index (κ1) is 14.9. The van der Waals surface area contributed by atoms with Gasteiger partial charge in [0.05, 0.1) is 10.9 Å². The molecule has 2 rings (SSSR count). The Balaban J connectivity index is 2.51. The summed E-state index contributed by atoms with van der Waals surface area (Å²) >= 11 is 6.30. The summed E-state index contributed by atoms with van der Waals surface area (Å²) in [5.41, 5.74) is 2.06. The van der Waals surface area contributed by atoms with Gasteiger partial charge >= 0.3 is 6.18 Å². The number of rotatable bonds is 2. The van der Waals surface area contributed by atoms with Gasteiger partial charge in [-0.3, -0.25) is 0 Å². The highest BCUT2D eigenvalue weighted by atomic mass is 35.5. The summed E-state index contributed by atoms with van der Waals surface area (Å²) < 4.78 is 39.1. The van der Waals surface area contributed by atoms with E-state index in [0.29, 0.717) is 5.56 Å². The molecule has 20 heavy (non-hydrogen) atoms. The minimum absolute atomic E-state index is 0.0913. The Labute approximate surface area is 121 Å². The van der Waals surface area contributed by atoms with Crippen LogP contribution in [0.2, 0.25) is 0 Å². The highest BCUT2D eigenvalue weighted by Gasteiger charge is 2.35. The molecule has 1 atom stereocenters. The number of benzene rings is 2. The molecule has 0 aliphatic rings. The van der Waals surface area contributed by atoms with Gasteiger partial charge < -0.3 is 0 Å². The topological polar surface area (TPSA) is 0 Å². The lowest BCUT2D eigenvalue weighted by atomic mass is 9.95. The molecule has 0 aliphatic carbocycles. The molecule has 1 unspecified atom stereocenters. The molecular weight excluding hydrogens is 285 g/mol. The maximum Gasteiger partial charge on any atom is 0.416 e. The van der Waals surface area contributed by atoms with Crippen LogP contribution in [0.1, 0.15) is 33.2 Å². The highest BCUT2D eigenvalue weighted by Crippen LogP contribution is 2.40. The summed E-state index contributed by atoms with van der Waals surface area (Å²) in [6, 6.07) is 11.0. The van der Waals surface area contributed by atoms with Crippen molar-refractivity contribution in [2.75, 3.05) is 0 Å². The van der Waals surface area contributed by atoms with E-state index in [0.717, 1.165) is 17.2 Å². The molecule has 0 spiro atoms. The van der Waals surface area contributed by atoms with Gasteiger partial charge in [0.15, 0.2) is 0 Å². The largest absolute Gasteiger partial charge is 0.416 e. The van der Waals surface area contributed by atoms with Crippen LogP contribution in [0.5, 0.6) is 0 Å². The molecule has 0 heterocycles. The zero-order valence-corrected chi connectivity index (χ0v) is 11.9. The Hall–Kier alpha value is -1.48. The van der Waals surface area contributed by atoms with E-state index in [-0.39, 0.29) is 5.56 Å². The zero-order valence-electron chi connectivity index (χ0n) is 11.1. The van der Waals surface area contributed by atoms with Crippen molar-refractivity contribution in [3.05, 3.63) is 70.3 Å². The maximum atomic E-state index is 13.0. The van der Waals surface area contributed by atoms with Crippen LogP contribution in [-0.4, -0.2) is 0 Å². The molecule has 0 aliphatic heterocycles. The van der Waals surface area contributed by atoms with Crippen molar-refractivity contribution in [2.45, 2.75) is 25.4 Å². The van der Waals surface area contributed by atoms with Crippen LogP contribution >= 0.6 is 11.6 Å². The molecule has 0 amide bonds. The van der Waals surface area contributed by atoms with E-state index in [1.165, 1.54) is 12.1 Å². The van der Waals surface area contributed by atoms with Crippen LogP contribution in [-0.2, 0) is 6.18 Å². The Morgan fingerprint density at radius 1 is 0.950 bits per heavy atom. The summed E-state index contributed by atoms with van der Waals surface area (Å²) in [5.74, 6) is 0. The van der Waals surface area contributed by atoms with Gasteiger partial charge in [0.25, 0.3) is 0 Å². The minimum atomic E-state index is -4.40.